The minimum atomic E-state index is -0.197. The van der Waals surface area contributed by atoms with E-state index in [1.54, 1.807) is 6.92 Å². The molecule has 3 heteroatoms. The number of hydrogen-bond acceptors (Lipinski definition) is 3. The van der Waals surface area contributed by atoms with E-state index >= 15 is 0 Å². The van der Waals surface area contributed by atoms with Gasteiger partial charge >= 0.3 is 0 Å². The minimum Gasteiger partial charge on any atom is -0.394 e. The number of ketones is 1. The number of benzene rings is 1. The van der Waals surface area contributed by atoms with Crippen LogP contribution in [0.2, 0.25) is 0 Å². The van der Waals surface area contributed by atoms with Gasteiger partial charge in [-0.05, 0) is 6.92 Å². The second-order valence-corrected chi connectivity index (χ2v) is 3.30. The van der Waals surface area contributed by atoms with Crippen LogP contribution in [0.3, 0.4) is 0 Å². The van der Waals surface area contributed by atoms with Crippen LogP contribution in [0.25, 0.3) is 0 Å². The summed E-state index contributed by atoms with van der Waals surface area (Å²) in [5, 5.41) is 3.90. The van der Waals surface area contributed by atoms with Crippen molar-refractivity contribution in [2.24, 2.45) is 11.1 Å². The molecule has 1 aliphatic heterocycles. The van der Waals surface area contributed by atoms with E-state index in [0.29, 0.717) is 6.61 Å². The number of hydrogen-bond donors (Lipinski definition) is 0. The van der Waals surface area contributed by atoms with Gasteiger partial charge in [-0.1, -0.05) is 35.5 Å². The van der Waals surface area contributed by atoms with E-state index in [2.05, 4.69) is 5.16 Å². The molecule has 0 amide bonds. The molecule has 0 spiro atoms. The van der Waals surface area contributed by atoms with E-state index in [1.807, 2.05) is 30.3 Å². The normalized spacial score (nSPS) is 20.1. The van der Waals surface area contributed by atoms with E-state index in [4.69, 9.17) is 4.84 Å². The summed E-state index contributed by atoms with van der Waals surface area (Å²) in [6.45, 7) is 1.94. The van der Waals surface area contributed by atoms with Crippen molar-refractivity contribution in [3.8, 4) is 0 Å². The largest absolute Gasteiger partial charge is 0.394 e. The molecule has 0 fully saturated rings. The molecule has 1 aromatic rings. The zero-order chi connectivity index (χ0) is 9.97. The molecule has 0 N–H and O–H groups in total. The standard InChI is InChI=1S/C11H11NO2/c1-8(13)10-7-14-12-11(10)9-5-3-2-4-6-9/h2-6,10H,7H2,1H3/t10-/m1/s1. The van der Waals surface area contributed by atoms with Gasteiger partial charge in [0.05, 0.1) is 0 Å². The first-order chi connectivity index (χ1) is 6.79. The Kier molecular flexibility index (Phi) is 2.31. The van der Waals surface area contributed by atoms with Gasteiger partial charge in [-0.25, -0.2) is 0 Å². The monoisotopic (exact) mass is 189 g/mol. The Morgan fingerprint density at radius 1 is 1.43 bits per heavy atom. The first-order valence-electron chi connectivity index (χ1n) is 4.55. The Balaban J connectivity index is 2.31. The van der Waals surface area contributed by atoms with Gasteiger partial charge < -0.3 is 4.84 Å². The lowest BCUT2D eigenvalue weighted by Crippen LogP contribution is -2.21. The zero-order valence-corrected chi connectivity index (χ0v) is 7.93. The lowest BCUT2D eigenvalue weighted by Gasteiger charge is -2.05. The topological polar surface area (TPSA) is 38.7 Å². The van der Waals surface area contributed by atoms with Gasteiger partial charge in [-0.15, -0.1) is 0 Å². The number of oxime groups is 1. The maximum atomic E-state index is 11.3. The summed E-state index contributed by atoms with van der Waals surface area (Å²) in [7, 11) is 0. The molecule has 0 aromatic heterocycles. The quantitative estimate of drug-likeness (QED) is 0.709. The van der Waals surface area contributed by atoms with Gasteiger partial charge in [0, 0.05) is 5.56 Å². The molecule has 1 heterocycles. The van der Waals surface area contributed by atoms with Gasteiger partial charge in [0.2, 0.25) is 0 Å². The zero-order valence-electron chi connectivity index (χ0n) is 7.93. The molecule has 0 radical (unpaired) electrons. The first kappa shape index (κ1) is 8.94. The van der Waals surface area contributed by atoms with Crippen molar-refractivity contribution in [3.05, 3.63) is 35.9 Å². The second kappa shape index (κ2) is 3.62. The molecule has 1 atom stereocenters. The van der Waals surface area contributed by atoms with Crippen LogP contribution in [0.1, 0.15) is 12.5 Å². The SMILES string of the molecule is CC(=O)[C@H]1CON=C1c1ccccc1. The number of Topliss-reactive ketones (excluding diaryl/α,β-unsaturated/α-hetero) is 1. The maximum Gasteiger partial charge on any atom is 0.142 e. The third-order valence-corrected chi connectivity index (χ3v) is 2.29. The van der Waals surface area contributed by atoms with E-state index in [9.17, 15) is 4.79 Å². The van der Waals surface area contributed by atoms with Crippen LogP contribution < -0.4 is 0 Å². The highest BCUT2D eigenvalue weighted by molar-refractivity contribution is 6.13. The Bertz CT molecular complexity index is 370. The lowest BCUT2D eigenvalue weighted by atomic mass is 9.95. The molecule has 14 heavy (non-hydrogen) atoms. The van der Waals surface area contributed by atoms with Crippen LogP contribution in [-0.2, 0) is 9.63 Å². The third-order valence-electron chi connectivity index (χ3n) is 2.29. The van der Waals surface area contributed by atoms with Gasteiger partial charge in [0.15, 0.2) is 0 Å². The Labute approximate surface area is 82.4 Å². The van der Waals surface area contributed by atoms with Gasteiger partial charge in [0.25, 0.3) is 0 Å². The molecule has 0 saturated heterocycles. The number of nitrogens with zero attached hydrogens (tertiary/aromatic N) is 1. The van der Waals surface area contributed by atoms with Crippen LogP contribution in [-0.4, -0.2) is 18.1 Å². The molecule has 0 unspecified atom stereocenters. The van der Waals surface area contributed by atoms with E-state index in [1.165, 1.54) is 0 Å². The molecular weight excluding hydrogens is 178 g/mol. The minimum absolute atomic E-state index is 0.102. The van der Waals surface area contributed by atoms with Crippen molar-refractivity contribution < 1.29 is 9.63 Å². The fourth-order valence-corrected chi connectivity index (χ4v) is 1.50. The Morgan fingerprint density at radius 2 is 2.14 bits per heavy atom. The fraction of sp³-hybridized carbons (Fsp3) is 0.273. The highest BCUT2D eigenvalue weighted by Crippen LogP contribution is 2.17. The van der Waals surface area contributed by atoms with Crippen molar-refractivity contribution >= 4 is 11.5 Å². The summed E-state index contributed by atoms with van der Waals surface area (Å²) in [4.78, 5) is 16.2. The van der Waals surface area contributed by atoms with Crippen molar-refractivity contribution in [3.63, 3.8) is 0 Å². The molecule has 1 aromatic carbocycles. The highest BCUT2D eigenvalue weighted by atomic mass is 16.6. The number of rotatable bonds is 2. The molecule has 2 rings (SSSR count). The van der Waals surface area contributed by atoms with Crippen LogP contribution in [0.4, 0.5) is 0 Å². The molecular formula is C11H11NO2. The summed E-state index contributed by atoms with van der Waals surface area (Å²) < 4.78 is 0. The first-order valence-corrected chi connectivity index (χ1v) is 4.55. The van der Waals surface area contributed by atoms with Crippen molar-refractivity contribution in [1.29, 1.82) is 0 Å². The van der Waals surface area contributed by atoms with E-state index in [0.717, 1.165) is 11.3 Å². The average Bonchev–Trinajstić information content (AvgIpc) is 2.67. The van der Waals surface area contributed by atoms with E-state index in [-0.39, 0.29) is 11.7 Å². The number of carbonyl (C=O) groups is 1. The van der Waals surface area contributed by atoms with Gasteiger partial charge in [-0.2, -0.15) is 0 Å². The second-order valence-electron chi connectivity index (χ2n) is 3.30. The summed E-state index contributed by atoms with van der Waals surface area (Å²) in [5.41, 5.74) is 1.71. The van der Waals surface area contributed by atoms with Crippen molar-refractivity contribution in [2.75, 3.05) is 6.61 Å². The molecule has 0 bridgehead atoms. The fourth-order valence-electron chi connectivity index (χ4n) is 1.50. The summed E-state index contributed by atoms with van der Waals surface area (Å²) in [6.07, 6.45) is 0. The third kappa shape index (κ3) is 1.53. The molecule has 1 aliphatic rings. The molecule has 72 valence electrons. The molecule has 0 saturated carbocycles. The Hall–Kier alpha value is -1.64. The highest BCUT2D eigenvalue weighted by Gasteiger charge is 2.28. The average molecular weight is 189 g/mol. The van der Waals surface area contributed by atoms with Crippen LogP contribution in [0.5, 0.6) is 0 Å². The summed E-state index contributed by atoms with van der Waals surface area (Å²) >= 11 is 0. The van der Waals surface area contributed by atoms with Gasteiger partial charge in [0.1, 0.15) is 24.0 Å². The smallest absolute Gasteiger partial charge is 0.142 e. The number of carbonyl (C=O) groups excluding carboxylic acids is 1. The predicted molar refractivity (Wildman–Crippen MR) is 53.1 cm³/mol. The Morgan fingerprint density at radius 3 is 2.79 bits per heavy atom. The van der Waals surface area contributed by atoms with Crippen LogP contribution >= 0.6 is 0 Å². The van der Waals surface area contributed by atoms with Gasteiger partial charge in [-0.3, -0.25) is 4.79 Å². The molecule has 0 aliphatic carbocycles. The van der Waals surface area contributed by atoms with E-state index < -0.39 is 0 Å². The predicted octanol–water partition coefficient (Wildman–Crippen LogP) is 1.63. The van der Waals surface area contributed by atoms with Crippen molar-refractivity contribution in [2.45, 2.75) is 6.92 Å². The lowest BCUT2D eigenvalue weighted by molar-refractivity contribution is -0.119. The maximum absolute atomic E-state index is 11.3. The van der Waals surface area contributed by atoms with Crippen LogP contribution in [0, 0.1) is 5.92 Å². The van der Waals surface area contributed by atoms with Crippen LogP contribution in [0.15, 0.2) is 35.5 Å². The molecule has 3 nitrogen and oxygen atoms in total. The summed E-state index contributed by atoms with van der Waals surface area (Å²) in [6, 6.07) is 9.65. The van der Waals surface area contributed by atoms with Crippen molar-refractivity contribution in [1.82, 2.24) is 0 Å². The summed E-state index contributed by atoms with van der Waals surface area (Å²) in [5.74, 6) is -0.0949.